The Kier molecular flexibility index (Phi) is 5.61. The lowest BCUT2D eigenvalue weighted by atomic mass is 9.91. The van der Waals surface area contributed by atoms with Gasteiger partial charge in [-0.25, -0.2) is 0 Å². The first-order chi connectivity index (χ1) is 7.06. The number of halogens is 2. The molecule has 86 valence electrons. The Bertz CT molecular complexity index is 299. The number of hydrogen-bond donors (Lipinski definition) is 1. The summed E-state index contributed by atoms with van der Waals surface area (Å²) in [5.74, 6) is 0.734. The molecule has 0 aliphatic heterocycles. The lowest BCUT2D eigenvalue weighted by Gasteiger charge is -2.23. The molecule has 0 radical (unpaired) electrons. The average molecular weight is 311 g/mol. The van der Waals surface area contributed by atoms with Gasteiger partial charge in [-0.2, -0.15) is 0 Å². The van der Waals surface area contributed by atoms with Gasteiger partial charge in [-0.05, 0) is 35.0 Å². The number of rotatable bonds is 6. The predicted octanol–water partition coefficient (Wildman–Crippen LogP) is 4.01. The number of hydrogen-bond acceptors (Lipinski definition) is 2. The molecule has 1 aromatic rings. The van der Waals surface area contributed by atoms with Crippen molar-refractivity contribution in [1.29, 1.82) is 0 Å². The zero-order valence-corrected chi connectivity index (χ0v) is 12.3. The Morgan fingerprint density at radius 2 is 2.27 bits per heavy atom. The molecule has 1 N–H and O–H groups in total. The van der Waals surface area contributed by atoms with E-state index in [1.165, 1.54) is 9.35 Å². The van der Waals surface area contributed by atoms with Crippen molar-refractivity contribution in [2.24, 2.45) is 0 Å². The van der Waals surface area contributed by atoms with Crippen LogP contribution in [0, 0.1) is 0 Å². The van der Waals surface area contributed by atoms with Crippen LogP contribution >= 0.6 is 38.9 Å². The normalized spacial score (nSPS) is 12.0. The second-order valence-electron chi connectivity index (χ2n) is 4.23. The summed E-state index contributed by atoms with van der Waals surface area (Å²) in [5.41, 5.74) is 0.197. The summed E-state index contributed by atoms with van der Waals surface area (Å²) in [6, 6.07) is 2.20. The van der Waals surface area contributed by atoms with Crippen LogP contribution in [0.2, 0.25) is 0 Å². The van der Waals surface area contributed by atoms with E-state index in [0.29, 0.717) is 0 Å². The van der Waals surface area contributed by atoms with Gasteiger partial charge in [0.1, 0.15) is 0 Å². The Balaban J connectivity index is 2.44. The first-order valence-electron chi connectivity index (χ1n) is 5.07. The minimum atomic E-state index is 0.197. The average Bonchev–Trinajstić information content (AvgIpc) is 2.60. The van der Waals surface area contributed by atoms with E-state index in [9.17, 15) is 0 Å². The van der Waals surface area contributed by atoms with Gasteiger partial charge in [0.2, 0.25) is 0 Å². The first kappa shape index (κ1) is 13.5. The largest absolute Gasteiger partial charge is 0.316 e. The Hall–Kier alpha value is 0.430. The highest BCUT2D eigenvalue weighted by Crippen LogP contribution is 2.30. The van der Waals surface area contributed by atoms with E-state index in [1.807, 2.05) is 11.3 Å². The summed E-state index contributed by atoms with van der Waals surface area (Å²) in [5, 5.41) is 5.58. The fourth-order valence-corrected chi connectivity index (χ4v) is 3.04. The van der Waals surface area contributed by atoms with Gasteiger partial charge < -0.3 is 5.32 Å². The molecule has 0 aromatic carbocycles. The lowest BCUT2D eigenvalue weighted by molar-refractivity contribution is 0.477. The minimum Gasteiger partial charge on any atom is -0.316 e. The summed E-state index contributed by atoms with van der Waals surface area (Å²) in [4.78, 5) is 1.41. The summed E-state index contributed by atoms with van der Waals surface area (Å²) < 4.78 is 1.18. The molecular weight excluding hydrogens is 294 g/mol. The second-order valence-corrected chi connectivity index (χ2v) is 6.44. The van der Waals surface area contributed by atoms with Crippen molar-refractivity contribution < 1.29 is 0 Å². The van der Waals surface area contributed by atoms with Crippen molar-refractivity contribution in [2.45, 2.75) is 25.7 Å². The third-order valence-corrected chi connectivity index (χ3v) is 4.61. The highest BCUT2D eigenvalue weighted by molar-refractivity contribution is 9.10. The van der Waals surface area contributed by atoms with E-state index in [0.717, 1.165) is 25.4 Å². The standard InChI is InChI=1S/C11H17BrClNS/c1-11(2,8-14-5-3-4-13)10-6-9(12)7-15-10/h6-7,14H,3-5,8H2,1-2H3. The van der Waals surface area contributed by atoms with E-state index in [1.54, 1.807) is 0 Å². The van der Waals surface area contributed by atoms with Crippen LogP contribution in [0.1, 0.15) is 25.1 Å². The van der Waals surface area contributed by atoms with Crippen LogP contribution in [0.4, 0.5) is 0 Å². The van der Waals surface area contributed by atoms with Crippen molar-refractivity contribution in [3.63, 3.8) is 0 Å². The fourth-order valence-electron chi connectivity index (χ4n) is 1.35. The molecule has 0 saturated heterocycles. The molecule has 0 amide bonds. The van der Waals surface area contributed by atoms with Crippen LogP contribution < -0.4 is 5.32 Å². The van der Waals surface area contributed by atoms with Gasteiger partial charge in [0.25, 0.3) is 0 Å². The van der Waals surface area contributed by atoms with Crippen molar-refractivity contribution in [1.82, 2.24) is 5.32 Å². The van der Waals surface area contributed by atoms with Crippen LogP contribution in [0.5, 0.6) is 0 Å². The maximum Gasteiger partial charge on any atom is 0.0285 e. The highest BCUT2D eigenvalue weighted by atomic mass is 79.9. The summed E-state index contributed by atoms with van der Waals surface area (Å²) >= 11 is 10.9. The van der Waals surface area contributed by atoms with Crippen molar-refractivity contribution in [2.75, 3.05) is 19.0 Å². The number of thiophene rings is 1. The van der Waals surface area contributed by atoms with Crippen LogP contribution in [-0.2, 0) is 5.41 Å². The maximum absolute atomic E-state index is 5.63. The molecule has 1 aromatic heterocycles. The molecule has 0 bridgehead atoms. The zero-order chi connectivity index (χ0) is 11.3. The first-order valence-corrected chi connectivity index (χ1v) is 7.28. The topological polar surface area (TPSA) is 12.0 Å². The molecular formula is C11H17BrClNS. The molecule has 0 unspecified atom stereocenters. The summed E-state index contributed by atoms with van der Waals surface area (Å²) in [6.45, 7) is 6.52. The van der Waals surface area contributed by atoms with E-state index in [2.05, 4.69) is 46.5 Å². The van der Waals surface area contributed by atoms with Crippen LogP contribution in [0.25, 0.3) is 0 Å². The second kappa shape index (κ2) is 6.24. The Labute approximate surface area is 109 Å². The van der Waals surface area contributed by atoms with Gasteiger partial charge in [0.15, 0.2) is 0 Å². The summed E-state index contributed by atoms with van der Waals surface area (Å²) in [7, 11) is 0. The molecule has 0 aliphatic carbocycles. The van der Waals surface area contributed by atoms with Crippen LogP contribution in [0.15, 0.2) is 15.9 Å². The minimum absolute atomic E-state index is 0.197. The number of nitrogens with one attached hydrogen (secondary N) is 1. The van der Waals surface area contributed by atoms with Gasteiger partial charge in [-0.3, -0.25) is 0 Å². The molecule has 4 heteroatoms. The van der Waals surface area contributed by atoms with Gasteiger partial charge in [-0.1, -0.05) is 13.8 Å². The molecule has 0 aliphatic rings. The molecule has 1 heterocycles. The quantitative estimate of drug-likeness (QED) is 0.618. The van der Waals surface area contributed by atoms with E-state index in [4.69, 9.17) is 11.6 Å². The Morgan fingerprint density at radius 1 is 1.53 bits per heavy atom. The molecule has 0 atom stereocenters. The zero-order valence-electron chi connectivity index (χ0n) is 9.15. The maximum atomic E-state index is 5.63. The molecule has 1 rings (SSSR count). The van der Waals surface area contributed by atoms with Gasteiger partial charge in [-0.15, -0.1) is 22.9 Å². The third kappa shape index (κ3) is 4.43. The molecule has 0 saturated carbocycles. The van der Waals surface area contributed by atoms with Crippen LogP contribution in [-0.4, -0.2) is 19.0 Å². The van der Waals surface area contributed by atoms with Gasteiger partial charge >= 0.3 is 0 Å². The van der Waals surface area contributed by atoms with Crippen molar-refractivity contribution in [3.8, 4) is 0 Å². The lowest BCUT2D eigenvalue weighted by Crippen LogP contribution is -2.32. The monoisotopic (exact) mass is 309 g/mol. The third-order valence-electron chi connectivity index (χ3n) is 2.29. The van der Waals surface area contributed by atoms with Gasteiger partial charge in [0, 0.05) is 32.6 Å². The molecule has 0 fully saturated rings. The smallest absolute Gasteiger partial charge is 0.0285 e. The summed E-state index contributed by atoms with van der Waals surface area (Å²) in [6.07, 6.45) is 1.03. The SMILES string of the molecule is CC(C)(CNCCCCl)c1cc(Br)cs1. The highest BCUT2D eigenvalue weighted by Gasteiger charge is 2.21. The van der Waals surface area contributed by atoms with E-state index >= 15 is 0 Å². The van der Waals surface area contributed by atoms with Gasteiger partial charge in [0.05, 0.1) is 0 Å². The predicted molar refractivity (Wildman–Crippen MR) is 73.3 cm³/mol. The van der Waals surface area contributed by atoms with Crippen molar-refractivity contribution >= 4 is 38.9 Å². The van der Waals surface area contributed by atoms with Crippen LogP contribution in [0.3, 0.4) is 0 Å². The molecule has 0 spiro atoms. The fraction of sp³-hybridized carbons (Fsp3) is 0.636. The number of alkyl halides is 1. The Morgan fingerprint density at radius 3 is 2.80 bits per heavy atom. The molecule has 1 nitrogen and oxygen atoms in total. The van der Waals surface area contributed by atoms with E-state index < -0.39 is 0 Å². The molecule has 15 heavy (non-hydrogen) atoms. The van der Waals surface area contributed by atoms with Crippen molar-refractivity contribution in [3.05, 3.63) is 20.8 Å². The van der Waals surface area contributed by atoms with E-state index in [-0.39, 0.29) is 5.41 Å².